The third kappa shape index (κ3) is 6.27. The first-order valence-corrected chi connectivity index (χ1v) is 11.6. The monoisotopic (exact) mass is 504 g/mol. The Labute approximate surface area is 209 Å². The molecule has 0 aliphatic heterocycles. The number of nitrogens with zero attached hydrogens (tertiary/aromatic N) is 2. The van der Waals surface area contributed by atoms with Crippen molar-refractivity contribution in [3.63, 3.8) is 0 Å². The zero-order valence-corrected chi connectivity index (χ0v) is 19.6. The molecule has 11 heteroatoms. The number of carbonyl (C=O) groups is 3. The fraction of sp³-hybridized carbons (Fsp3) is 0.120. The van der Waals surface area contributed by atoms with E-state index in [1.165, 1.54) is 18.2 Å². The van der Waals surface area contributed by atoms with E-state index >= 15 is 0 Å². The summed E-state index contributed by atoms with van der Waals surface area (Å²) in [6.45, 7) is -0.596. The highest BCUT2D eigenvalue weighted by Crippen LogP contribution is 2.29. The van der Waals surface area contributed by atoms with Crippen LogP contribution in [0.15, 0.2) is 78.9 Å². The first-order chi connectivity index (χ1) is 17.4. The van der Waals surface area contributed by atoms with E-state index < -0.39 is 35.4 Å². The topological polar surface area (TPSA) is 141 Å². The van der Waals surface area contributed by atoms with Crippen LogP contribution in [0.3, 0.4) is 0 Å². The lowest BCUT2D eigenvalue weighted by Crippen LogP contribution is -2.44. The molecular weight excluding hydrogens is 484 g/mol. The number of fused-ring (bicyclic) bond motifs is 1. The van der Waals surface area contributed by atoms with Crippen molar-refractivity contribution in [2.75, 3.05) is 11.9 Å². The van der Waals surface area contributed by atoms with Crippen LogP contribution in [0, 0.1) is 10.1 Å². The molecule has 0 spiro atoms. The van der Waals surface area contributed by atoms with E-state index in [-0.39, 0.29) is 17.2 Å². The minimum Gasteiger partial charge on any atom is -0.454 e. The third-order valence-electron chi connectivity index (χ3n) is 5.08. The molecule has 182 valence electrons. The highest BCUT2D eigenvalue weighted by atomic mass is 32.1. The lowest BCUT2D eigenvalue weighted by molar-refractivity contribution is -0.384. The Bertz CT molecular complexity index is 1410. The molecule has 0 aliphatic carbocycles. The number of hydrogen-bond acceptors (Lipinski definition) is 8. The molecule has 1 aromatic heterocycles. The molecule has 2 amide bonds. The molecule has 4 aromatic rings. The molecule has 1 unspecified atom stereocenters. The van der Waals surface area contributed by atoms with Crippen molar-refractivity contribution in [2.24, 2.45) is 0 Å². The number of rotatable bonds is 9. The number of anilines is 1. The molecule has 2 N–H and O–H groups in total. The van der Waals surface area contributed by atoms with Gasteiger partial charge >= 0.3 is 5.97 Å². The van der Waals surface area contributed by atoms with Gasteiger partial charge < -0.3 is 10.1 Å². The molecule has 1 heterocycles. The number of nitro groups is 1. The van der Waals surface area contributed by atoms with Gasteiger partial charge in [-0.2, -0.15) is 0 Å². The average molecular weight is 505 g/mol. The number of carbonyl (C=O) groups excluding carboxylic acids is 3. The first kappa shape index (κ1) is 24.5. The van der Waals surface area contributed by atoms with Gasteiger partial charge in [-0.05, 0) is 23.8 Å². The molecule has 0 fully saturated rings. The first-order valence-electron chi connectivity index (χ1n) is 10.8. The summed E-state index contributed by atoms with van der Waals surface area (Å²) < 4.78 is 5.72. The minimum atomic E-state index is -1.02. The largest absolute Gasteiger partial charge is 0.454 e. The summed E-state index contributed by atoms with van der Waals surface area (Å²) in [5, 5.41) is 16.4. The summed E-state index contributed by atoms with van der Waals surface area (Å²) in [7, 11) is 0. The number of hydrogen-bond donors (Lipinski definition) is 2. The predicted molar refractivity (Wildman–Crippen MR) is 134 cm³/mol. The fourth-order valence-electron chi connectivity index (χ4n) is 3.35. The zero-order valence-electron chi connectivity index (χ0n) is 18.7. The zero-order chi connectivity index (χ0) is 25.5. The SMILES string of the molecule is O=C(COC(=O)C(Cc1ccccc1)NC(=O)c1ccccc1)Nc1nc2ccc([N+](=O)[O-])cc2s1. The van der Waals surface area contributed by atoms with E-state index in [0.29, 0.717) is 15.8 Å². The van der Waals surface area contributed by atoms with Crippen molar-refractivity contribution in [1.29, 1.82) is 0 Å². The molecule has 0 radical (unpaired) electrons. The van der Waals surface area contributed by atoms with Gasteiger partial charge in [-0.15, -0.1) is 0 Å². The maximum absolute atomic E-state index is 12.8. The summed E-state index contributed by atoms with van der Waals surface area (Å²) in [4.78, 5) is 52.5. The fourth-order valence-corrected chi connectivity index (χ4v) is 4.26. The normalized spacial score (nSPS) is 11.4. The summed E-state index contributed by atoms with van der Waals surface area (Å²) >= 11 is 1.06. The molecule has 36 heavy (non-hydrogen) atoms. The van der Waals surface area contributed by atoms with Gasteiger partial charge in [0.2, 0.25) is 0 Å². The number of thiazole rings is 1. The number of ether oxygens (including phenoxy) is 1. The Balaban J connectivity index is 1.39. The van der Waals surface area contributed by atoms with E-state index in [4.69, 9.17) is 4.74 Å². The van der Waals surface area contributed by atoms with E-state index in [0.717, 1.165) is 16.9 Å². The molecule has 0 saturated heterocycles. The van der Waals surface area contributed by atoms with E-state index in [2.05, 4.69) is 15.6 Å². The van der Waals surface area contributed by atoms with Crippen molar-refractivity contribution in [3.8, 4) is 0 Å². The molecule has 0 saturated carbocycles. The Morgan fingerprint density at radius 2 is 1.69 bits per heavy atom. The second-order valence-electron chi connectivity index (χ2n) is 7.67. The van der Waals surface area contributed by atoms with E-state index in [9.17, 15) is 24.5 Å². The number of esters is 1. The number of non-ortho nitro benzene ring substituents is 1. The Morgan fingerprint density at radius 1 is 1.00 bits per heavy atom. The highest BCUT2D eigenvalue weighted by molar-refractivity contribution is 7.22. The van der Waals surface area contributed by atoms with Crippen LogP contribution in [-0.2, 0) is 20.7 Å². The Hall–Kier alpha value is -4.64. The van der Waals surface area contributed by atoms with Gasteiger partial charge in [0.1, 0.15) is 6.04 Å². The maximum atomic E-state index is 12.8. The number of amides is 2. The van der Waals surface area contributed by atoms with Gasteiger partial charge in [0.05, 0.1) is 15.1 Å². The molecule has 10 nitrogen and oxygen atoms in total. The molecule has 0 aliphatic rings. The number of aromatic nitrogens is 1. The predicted octanol–water partition coefficient (Wildman–Crippen LogP) is 3.73. The van der Waals surface area contributed by atoms with Crippen LogP contribution in [0.25, 0.3) is 10.2 Å². The van der Waals surface area contributed by atoms with Crippen LogP contribution < -0.4 is 10.6 Å². The molecule has 1 atom stereocenters. The van der Waals surface area contributed by atoms with E-state index in [1.54, 1.807) is 30.3 Å². The van der Waals surface area contributed by atoms with Gasteiger partial charge in [0, 0.05) is 24.1 Å². The van der Waals surface area contributed by atoms with Gasteiger partial charge in [-0.1, -0.05) is 59.9 Å². The molecule has 0 bridgehead atoms. The van der Waals surface area contributed by atoms with Crippen molar-refractivity contribution >= 4 is 50.2 Å². The Morgan fingerprint density at radius 3 is 2.39 bits per heavy atom. The average Bonchev–Trinajstić information content (AvgIpc) is 3.29. The third-order valence-corrected chi connectivity index (χ3v) is 6.02. The number of nitro benzene ring substituents is 1. The van der Waals surface area contributed by atoms with Crippen molar-refractivity contribution < 1.29 is 24.0 Å². The van der Waals surface area contributed by atoms with Crippen LogP contribution >= 0.6 is 11.3 Å². The second-order valence-corrected chi connectivity index (χ2v) is 8.70. The summed E-state index contributed by atoms with van der Waals surface area (Å²) in [6, 6.07) is 20.7. The summed E-state index contributed by atoms with van der Waals surface area (Å²) in [6.07, 6.45) is 0.177. The van der Waals surface area contributed by atoms with Gasteiger partial charge in [-0.3, -0.25) is 25.0 Å². The van der Waals surface area contributed by atoms with Crippen LogP contribution in [0.1, 0.15) is 15.9 Å². The van der Waals surface area contributed by atoms with Crippen LogP contribution in [0.4, 0.5) is 10.8 Å². The minimum absolute atomic E-state index is 0.0834. The molecular formula is C25H20N4O6S. The van der Waals surface area contributed by atoms with Gasteiger partial charge in [0.15, 0.2) is 11.7 Å². The van der Waals surface area contributed by atoms with Crippen LogP contribution in [0.2, 0.25) is 0 Å². The molecule has 3 aromatic carbocycles. The molecule has 4 rings (SSSR count). The lowest BCUT2D eigenvalue weighted by Gasteiger charge is -2.18. The van der Waals surface area contributed by atoms with Gasteiger partial charge in [0.25, 0.3) is 17.5 Å². The Kier molecular flexibility index (Phi) is 7.61. The van der Waals surface area contributed by atoms with Crippen molar-refractivity contribution in [3.05, 3.63) is 100 Å². The van der Waals surface area contributed by atoms with Crippen LogP contribution in [0.5, 0.6) is 0 Å². The van der Waals surface area contributed by atoms with Gasteiger partial charge in [-0.25, -0.2) is 9.78 Å². The smallest absolute Gasteiger partial charge is 0.329 e. The standard InChI is InChI=1S/C25H20N4O6S/c30-22(28-25-27-19-12-11-18(29(33)34)14-21(19)36-25)15-35-24(32)20(13-16-7-3-1-4-8-16)26-23(31)17-9-5-2-6-10-17/h1-12,14,20H,13,15H2,(H,26,31)(H,27,28,30). The lowest BCUT2D eigenvalue weighted by atomic mass is 10.1. The summed E-state index contributed by atoms with van der Waals surface area (Å²) in [5.41, 5.74) is 1.60. The number of nitrogens with one attached hydrogen (secondary N) is 2. The van der Waals surface area contributed by atoms with Crippen LogP contribution in [-0.4, -0.2) is 40.3 Å². The number of benzene rings is 3. The van der Waals surface area contributed by atoms with E-state index in [1.807, 2.05) is 30.3 Å². The van der Waals surface area contributed by atoms with Crippen molar-refractivity contribution in [2.45, 2.75) is 12.5 Å². The second kappa shape index (κ2) is 11.2. The highest BCUT2D eigenvalue weighted by Gasteiger charge is 2.24. The maximum Gasteiger partial charge on any atom is 0.329 e. The quantitative estimate of drug-likeness (QED) is 0.201. The summed E-state index contributed by atoms with van der Waals surface area (Å²) in [5.74, 6) is -1.84. The van der Waals surface area contributed by atoms with Crippen molar-refractivity contribution in [1.82, 2.24) is 10.3 Å².